The Morgan fingerprint density at radius 1 is 1.25 bits per heavy atom. The highest BCUT2D eigenvalue weighted by atomic mass is 19.3. The van der Waals surface area contributed by atoms with Crippen LogP contribution in [0.4, 0.5) is 14.5 Å². The number of para-hydroxylation sites is 1. The molecule has 3 aliphatic rings. The van der Waals surface area contributed by atoms with Gasteiger partial charge in [0, 0.05) is 24.2 Å². The number of fused-ring (bicyclic) bond motifs is 2. The van der Waals surface area contributed by atoms with Crippen LogP contribution >= 0.6 is 0 Å². The van der Waals surface area contributed by atoms with E-state index in [4.69, 9.17) is 0 Å². The van der Waals surface area contributed by atoms with Gasteiger partial charge in [-0.3, -0.25) is 4.79 Å². The summed E-state index contributed by atoms with van der Waals surface area (Å²) in [5, 5.41) is 11.0. The van der Waals surface area contributed by atoms with Crippen LogP contribution in [0.1, 0.15) is 66.3 Å². The predicted molar refractivity (Wildman–Crippen MR) is 99.8 cm³/mol. The maximum absolute atomic E-state index is 13.9. The molecule has 1 unspecified atom stereocenters. The summed E-state index contributed by atoms with van der Waals surface area (Å²) < 4.78 is 29.1. The van der Waals surface area contributed by atoms with Crippen molar-refractivity contribution in [2.24, 2.45) is 0 Å². The van der Waals surface area contributed by atoms with Crippen molar-refractivity contribution in [3.05, 3.63) is 41.2 Å². The molecule has 2 aromatic rings. The van der Waals surface area contributed by atoms with E-state index < -0.39 is 12.3 Å². The molecule has 2 aliphatic heterocycles. The lowest BCUT2D eigenvalue weighted by Gasteiger charge is -2.24. The molecule has 1 aromatic heterocycles. The normalized spacial score (nSPS) is 23.1. The first-order valence-corrected chi connectivity index (χ1v) is 9.96. The Morgan fingerprint density at radius 3 is 2.75 bits per heavy atom. The maximum atomic E-state index is 13.9. The SMILES string of the molecule is O=C(c1nnn(C2CCNC2)c1C(F)F)N1CC2(CCCC2)c2ccccc21. The lowest BCUT2D eigenvalue weighted by atomic mass is 9.81. The highest BCUT2D eigenvalue weighted by molar-refractivity contribution is 6.07. The molecule has 1 saturated heterocycles. The second-order valence-electron chi connectivity index (χ2n) is 8.11. The summed E-state index contributed by atoms with van der Waals surface area (Å²) >= 11 is 0. The minimum atomic E-state index is -2.80. The molecule has 1 aliphatic carbocycles. The second-order valence-corrected chi connectivity index (χ2v) is 8.11. The van der Waals surface area contributed by atoms with Gasteiger partial charge in [-0.15, -0.1) is 5.10 Å². The van der Waals surface area contributed by atoms with Crippen molar-refractivity contribution in [2.75, 3.05) is 24.5 Å². The summed E-state index contributed by atoms with van der Waals surface area (Å²) in [5.41, 5.74) is 1.36. The number of amides is 1. The number of halogens is 2. The van der Waals surface area contributed by atoms with Gasteiger partial charge >= 0.3 is 0 Å². The monoisotopic (exact) mass is 387 g/mol. The number of carbonyl (C=O) groups excluding carboxylic acids is 1. The number of hydrogen-bond donors (Lipinski definition) is 1. The van der Waals surface area contributed by atoms with Gasteiger partial charge in [-0.1, -0.05) is 36.3 Å². The number of aromatic nitrogens is 3. The minimum Gasteiger partial charge on any atom is -0.315 e. The van der Waals surface area contributed by atoms with Gasteiger partial charge in [-0.2, -0.15) is 0 Å². The van der Waals surface area contributed by atoms with Crippen LogP contribution < -0.4 is 10.2 Å². The molecule has 2 fully saturated rings. The van der Waals surface area contributed by atoms with Gasteiger partial charge in [0.05, 0.1) is 6.04 Å². The Labute approximate surface area is 161 Å². The molecular formula is C20H23F2N5O. The van der Waals surface area contributed by atoms with Crippen molar-refractivity contribution in [2.45, 2.75) is 50.0 Å². The van der Waals surface area contributed by atoms with Crippen LogP contribution in [0.15, 0.2) is 24.3 Å². The Morgan fingerprint density at radius 2 is 2.04 bits per heavy atom. The lowest BCUT2D eigenvalue weighted by Crippen LogP contribution is -2.36. The average Bonchev–Trinajstić information content (AvgIpc) is 3.49. The Bertz CT molecular complexity index is 900. The molecule has 6 nitrogen and oxygen atoms in total. The summed E-state index contributed by atoms with van der Waals surface area (Å²) in [6, 6.07) is 7.67. The third-order valence-electron chi connectivity index (χ3n) is 6.55. The molecule has 8 heteroatoms. The summed E-state index contributed by atoms with van der Waals surface area (Å²) in [6.45, 7) is 1.84. The Kier molecular flexibility index (Phi) is 4.19. The molecule has 0 bridgehead atoms. The number of hydrogen-bond acceptors (Lipinski definition) is 4. The quantitative estimate of drug-likeness (QED) is 0.878. The number of nitrogens with one attached hydrogen (secondary N) is 1. The lowest BCUT2D eigenvalue weighted by molar-refractivity contribution is 0.0961. The summed E-state index contributed by atoms with van der Waals surface area (Å²) in [7, 11) is 0. The highest BCUT2D eigenvalue weighted by Gasteiger charge is 2.47. The van der Waals surface area contributed by atoms with Crippen LogP contribution in [0.3, 0.4) is 0 Å². The van der Waals surface area contributed by atoms with Crippen LogP contribution in [-0.2, 0) is 5.41 Å². The topological polar surface area (TPSA) is 63.1 Å². The highest BCUT2D eigenvalue weighted by Crippen LogP contribution is 2.50. The van der Waals surface area contributed by atoms with Crippen LogP contribution in [0.25, 0.3) is 0 Å². The zero-order valence-corrected chi connectivity index (χ0v) is 15.6. The Hall–Kier alpha value is -2.35. The molecule has 1 saturated carbocycles. The van der Waals surface area contributed by atoms with E-state index in [0.29, 0.717) is 19.5 Å². The average molecular weight is 387 g/mol. The fourth-order valence-electron chi connectivity index (χ4n) is 5.19. The molecule has 1 atom stereocenters. The minimum absolute atomic E-state index is 0.0530. The van der Waals surface area contributed by atoms with Gasteiger partial charge in [-0.05, 0) is 37.4 Å². The standard InChI is InChI=1S/C20H23F2N5O/c21-18(22)17-16(24-25-27(17)13-7-10-23-11-13)19(28)26-12-20(8-3-4-9-20)14-5-1-2-6-15(14)26/h1-2,5-6,13,18,23H,3-4,7-12H2. The molecule has 1 spiro atoms. The third kappa shape index (κ3) is 2.57. The van der Waals surface area contributed by atoms with Crippen molar-refractivity contribution in [3.8, 4) is 0 Å². The van der Waals surface area contributed by atoms with Crippen LogP contribution in [0.5, 0.6) is 0 Å². The second kappa shape index (κ2) is 6.62. The predicted octanol–water partition coefficient (Wildman–Crippen LogP) is 3.22. The Balaban J connectivity index is 1.54. The van der Waals surface area contributed by atoms with E-state index in [1.54, 1.807) is 4.90 Å². The number of benzene rings is 1. The fraction of sp³-hybridized carbons (Fsp3) is 0.550. The van der Waals surface area contributed by atoms with E-state index in [1.165, 1.54) is 4.68 Å². The molecule has 0 radical (unpaired) electrons. The zero-order chi connectivity index (χ0) is 19.3. The van der Waals surface area contributed by atoms with Gasteiger partial charge in [0.15, 0.2) is 5.69 Å². The van der Waals surface area contributed by atoms with Crippen molar-refractivity contribution < 1.29 is 13.6 Å². The molecular weight excluding hydrogens is 364 g/mol. The van der Waals surface area contributed by atoms with Crippen molar-refractivity contribution >= 4 is 11.6 Å². The molecule has 5 rings (SSSR count). The van der Waals surface area contributed by atoms with Crippen LogP contribution in [0, 0.1) is 0 Å². The summed E-state index contributed by atoms with van der Waals surface area (Å²) in [6.07, 6.45) is 2.21. The van der Waals surface area contributed by atoms with Crippen molar-refractivity contribution in [1.82, 2.24) is 20.3 Å². The molecule has 1 N–H and O–H groups in total. The molecule has 3 heterocycles. The smallest absolute Gasteiger partial charge is 0.282 e. The van der Waals surface area contributed by atoms with Gasteiger partial charge in [0.2, 0.25) is 0 Å². The molecule has 148 valence electrons. The number of rotatable bonds is 3. The number of carbonyl (C=O) groups is 1. The summed E-state index contributed by atoms with van der Waals surface area (Å²) in [4.78, 5) is 15.0. The largest absolute Gasteiger partial charge is 0.315 e. The van der Waals surface area contributed by atoms with E-state index in [0.717, 1.165) is 43.5 Å². The van der Waals surface area contributed by atoms with Gasteiger partial charge in [0.25, 0.3) is 12.3 Å². The van der Waals surface area contributed by atoms with Crippen LogP contribution in [0.2, 0.25) is 0 Å². The third-order valence-corrected chi connectivity index (χ3v) is 6.55. The van der Waals surface area contributed by atoms with Gasteiger partial charge in [0.1, 0.15) is 5.69 Å². The van der Waals surface area contributed by atoms with E-state index in [2.05, 4.69) is 21.7 Å². The zero-order valence-electron chi connectivity index (χ0n) is 15.6. The molecule has 28 heavy (non-hydrogen) atoms. The molecule has 1 amide bonds. The first kappa shape index (κ1) is 17.7. The van der Waals surface area contributed by atoms with E-state index in [-0.39, 0.29) is 22.8 Å². The van der Waals surface area contributed by atoms with Crippen molar-refractivity contribution in [3.63, 3.8) is 0 Å². The van der Waals surface area contributed by atoms with E-state index in [1.807, 2.05) is 18.2 Å². The van der Waals surface area contributed by atoms with E-state index in [9.17, 15) is 13.6 Å². The molecule has 1 aromatic carbocycles. The number of alkyl halides is 2. The summed E-state index contributed by atoms with van der Waals surface area (Å²) in [5.74, 6) is -0.469. The van der Waals surface area contributed by atoms with Crippen LogP contribution in [-0.4, -0.2) is 40.5 Å². The number of anilines is 1. The number of nitrogens with zero attached hydrogens (tertiary/aromatic N) is 4. The maximum Gasteiger partial charge on any atom is 0.282 e. The van der Waals surface area contributed by atoms with E-state index >= 15 is 0 Å². The van der Waals surface area contributed by atoms with Gasteiger partial charge < -0.3 is 10.2 Å². The van der Waals surface area contributed by atoms with Gasteiger partial charge in [-0.25, -0.2) is 13.5 Å². The van der Waals surface area contributed by atoms with Crippen molar-refractivity contribution in [1.29, 1.82) is 0 Å². The first-order valence-electron chi connectivity index (χ1n) is 9.96. The fourth-order valence-corrected chi connectivity index (χ4v) is 5.19. The first-order chi connectivity index (χ1) is 13.6.